The third kappa shape index (κ3) is 4.95. The Morgan fingerprint density at radius 1 is 1.38 bits per heavy atom. The highest BCUT2D eigenvalue weighted by Gasteiger charge is 2.01. The van der Waals surface area contributed by atoms with Gasteiger partial charge >= 0.3 is 0 Å². The first-order chi connectivity index (χ1) is 7.84. The number of aromatic nitrogens is 1. The Kier molecular flexibility index (Phi) is 6.29. The summed E-state index contributed by atoms with van der Waals surface area (Å²) in [6, 6.07) is 3.64. The van der Waals surface area contributed by atoms with Gasteiger partial charge in [-0.1, -0.05) is 38.2 Å². The molecule has 1 unspecified atom stereocenters. The Bertz CT molecular complexity index is 337. The van der Waals surface area contributed by atoms with E-state index in [0.717, 1.165) is 18.4 Å². The number of hydrogen-bond donors (Lipinski definition) is 1. The Morgan fingerprint density at radius 2 is 2.25 bits per heavy atom. The van der Waals surface area contributed by atoms with Crippen molar-refractivity contribution < 1.29 is 5.11 Å². The first-order valence-corrected chi connectivity index (χ1v) is 5.91. The van der Waals surface area contributed by atoms with Crippen LogP contribution in [0.1, 0.15) is 50.7 Å². The second kappa shape index (κ2) is 7.90. The fourth-order valence-electron chi connectivity index (χ4n) is 1.43. The smallest absolute Gasteiger partial charge is 0.141 e. The fourth-order valence-corrected chi connectivity index (χ4v) is 1.43. The molecule has 0 spiro atoms. The van der Waals surface area contributed by atoms with E-state index in [0.29, 0.717) is 0 Å². The summed E-state index contributed by atoms with van der Waals surface area (Å²) in [4.78, 5) is 3.95. The van der Waals surface area contributed by atoms with Gasteiger partial charge in [-0.25, -0.2) is 0 Å². The zero-order valence-electron chi connectivity index (χ0n) is 9.82. The van der Waals surface area contributed by atoms with E-state index in [1.54, 1.807) is 12.4 Å². The van der Waals surface area contributed by atoms with E-state index >= 15 is 0 Å². The SMILES string of the molecule is CCCCCCC#CC(O)c1cccnc1. The minimum Gasteiger partial charge on any atom is -0.376 e. The lowest BCUT2D eigenvalue weighted by molar-refractivity contribution is 0.238. The molecule has 1 rings (SSSR count). The average Bonchev–Trinajstić information content (AvgIpc) is 2.34. The first-order valence-electron chi connectivity index (χ1n) is 5.91. The molecule has 0 saturated heterocycles. The van der Waals surface area contributed by atoms with Crippen molar-refractivity contribution in [2.24, 2.45) is 0 Å². The molecule has 1 aromatic heterocycles. The highest BCUT2D eigenvalue weighted by molar-refractivity contribution is 5.21. The van der Waals surface area contributed by atoms with Crippen LogP contribution in [0.5, 0.6) is 0 Å². The van der Waals surface area contributed by atoms with Gasteiger partial charge < -0.3 is 5.11 Å². The number of aliphatic hydroxyl groups excluding tert-OH is 1. The zero-order valence-corrected chi connectivity index (χ0v) is 9.82. The third-order valence-corrected chi connectivity index (χ3v) is 2.39. The van der Waals surface area contributed by atoms with Gasteiger partial charge in [0.1, 0.15) is 6.10 Å². The maximum atomic E-state index is 9.71. The summed E-state index contributed by atoms with van der Waals surface area (Å²) < 4.78 is 0. The van der Waals surface area contributed by atoms with Crippen LogP contribution >= 0.6 is 0 Å². The van der Waals surface area contributed by atoms with Gasteiger partial charge in [0.15, 0.2) is 0 Å². The van der Waals surface area contributed by atoms with Crippen LogP contribution in [-0.4, -0.2) is 10.1 Å². The molecule has 1 aromatic rings. The van der Waals surface area contributed by atoms with E-state index in [2.05, 4.69) is 23.7 Å². The summed E-state index contributed by atoms with van der Waals surface area (Å²) in [6.45, 7) is 2.19. The molecule has 0 aliphatic rings. The van der Waals surface area contributed by atoms with Crippen LogP contribution in [-0.2, 0) is 0 Å². The van der Waals surface area contributed by atoms with Crippen molar-refractivity contribution in [1.82, 2.24) is 4.98 Å². The molecule has 0 aliphatic heterocycles. The summed E-state index contributed by atoms with van der Waals surface area (Å²) in [5.41, 5.74) is 0.767. The second-order valence-electron chi connectivity index (χ2n) is 3.82. The summed E-state index contributed by atoms with van der Waals surface area (Å²) >= 11 is 0. The molecule has 0 aromatic carbocycles. The predicted octanol–water partition coefficient (Wildman–Crippen LogP) is 3.09. The van der Waals surface area contributed by atoms with Gasteiger partial charge in [-0.2, -0.15) is 0 Å². The van der Waals surface area contributed by atoms with Crippen molar-refractivity contribution in [3.63, 3.8) is 0 Å². The summed E-state index contributed by atoms with van der Waals surface area (Å²) in [5.74, 6) is 5.86. The lowest BCUT2D eigenvalue weighted by atomic mass is 10.1. The number of pyridine rings is 1. The van der Waals surface area contributed by atoms with E-state index in [9.17, 15) is 5.11 Å². The van der Waals surface area contributed by atoms with Crippen molar-refractivity contribution in [3.05, 3.63) is 30.1 Å². The van der Waals surface area contributed by atoms with Crippen molar-refractivity contribution in [1.29, 1.82) is 0 Å². The van der Waals surface area contributed by atoms with Gasteiger partial charge in [-0.15, -0.1) is 5.92 Å². The molecule has 0 radical (unpaired) electrons. The Hall–Kier alpha value is -1.33. The molecule has 16 heavy (non-hydrogen) atoms. The van der Waals surface area contributed by atoms with Crippen LogP contribution in [0.4, 0.5) is 0 Å². The quantitative estimate of drug-likeness (QED) is 0.607. The topological polar surface area (TPSA) is 33.1 Å². The molecule has 2 nitrogen and oxygen atoms in total. The molecule has 1 atom stereocenters. The van der Waals surface area contributed by atoms with Gasteiger partial charge in [0, 0.05) is 24.4 Å². The van der Waals surface area contributed by atoms with Crippen molar-refractivity contribution in [2.45, 2.75) is 45.1 Å². The fraction of sp³-hybridized carbons (Fsp3) is 0.500. The lowest BCUT2D eigenvalue weighted by Crippen LogP contribution is -1.93. The molecule has 1 heterocycles. The van der Waals surface area contributed by atoms with E-state index < -0.39 is 6.10 Å². The number of nitrogens with zero attached hydrogens (tertiary/aromatic N) is 1. The molecule has 0 amide bonds. The summed E-state index contributed by atoms with van der Waals surface area (Å²) in [7, 11) is 0. The second-order valence-corrected chi connectivity index (χ2v) is 3.82. The van der Waals surface area contributed by atoms with Gasteiger partial charge in [-0.05, 0) is 12.5 Å². The molecule has 2 heteroatoms. The molecular weight excluding hydrogens is 198 g/mol. The first kappa shape index (κ1) is 12.7. The molecule has 86 valence electrons. The number of rotatable bonds is 5. The maximum Gasteiger partial charge on any atom is 0.141 e. The van der Waals surface area contributed by atoms with Crippen molar-refractivity contribution >= 4 is 0 Å². The van der Waals surface area contributed by atoms with Crippen LogP contribution < -0.4 is 0 Å². The molecule has 0 aliphatic carbocycles. The van der Waals surface area contributed by atoms with Crippen molar-refractivity contribution in [2.75, 3.05) is 0 Å². The highest BCUT2D eigenvalue weighted by Crippen LogP contribution is 2.09. The predicted molar refractivity (Wildman–Crippen MR) is 65.7 cm³/mol. The Balaban J connectivity index is 2.29. The van der Waals surface area contributed by atoms with Gasteiger partial charge in [0.25, 0.3) is 0 Å². The number of aliphatic hydroxyl groups is 1. The lowest BCUT2D eigenvalue weighted by Gasteiger charge is -2.01. The summed E-state index contributed by atoms with van der Waals surface area (Å²) in [5, 5.41) is 9.71. The molecule has 1 N–H and O–H groups in total. The average molecular weight is 217 g/mol. The Morgan fingerprint density at radius 3 is 2.94 bits per heavy atom. The zero-order chi connectivity index (χ0) is 11.6. The standard InChI is InChI=1S/C14H19NO/c1-2-3-4-5-6-7-10-14(16)13-9-8-11-15-12-13/h8-9,11-12,14,16H,2-6H2,1H3. The van der Waals surface area contributed by atoms with Gasteiger partial charge in [0.05, 0.1) is 0 Å². The number of unbranched alkanes of at least 4 members (excludes halogenated alkanes) is 4. The minimum absolute atomic E-state index is 0.695. The summed E-state index contributed by atoms with van der Waals surface area (Å²) in [6.07, 6.45) is 8.38. The minimum atomic E-state index is -0.695. The van der Waals surface area contributed by atoms with E-state index in [1.807, 2.05) is 12.1 Å². The molecule has 0 fully saturated rings. The van der Waals surface area contributed by atoms with Crippen LogP contribution in [0.25, 0.3) is 0 Å². The van der Waals surface area contributed by atoms with Crippen LogP contribution in [0.15, 0.2) is 24.5 Å². The molecular formula is C14H19NO. The highest BCUT2D eigenvalue weighted by atomic mass is 16.3. The van der Waals surface area contributed by atoms with Crippen LogP contribution in [0.3, 0.4) is 0 Å². The largest absolute Gasteiger partial charge is 0.376 e. The normalized spacial score (nSPS) is 11.6. The third-order valence-electron chi connectivity index (χ3n) is 2.39. The number of hydrogen-bond acceptors (Lipinski definition) is 2. The van der Waals surface area contributed by atoms with Gasteiger partial charge in [-0.3, -0.25) is 4.98 Å². The molecule has 0 saturated carbocycles. The van der Waals surface area contributed by atoms with E-state index in [4.69, 9.17) is 0 Å². The van der Waals surface area contributed by atoms with E-state index in [-0.39, 0.29) is 0 Å². The van der Waals surface area contributed by atoms with Crippen LogP contribution in [0, 0.1) is 11.8 Å². The van der Waals surface area contributed by atoms with E-state index in [1.165, 1.54) is 19.3 Å². The molecule has 0 bridgehead atoms. The van der Waals surface area contributed by atoms with Crippen molar-refractivity contribution in [3.8, 4) is 11.8 Å². The van der Waals surface area contributed by atoms with Gasteiger partial charge in [0.2, 0.25) is 0 Å². The maximum absolute atomic E-state index is 9.71. The monoisotopic (exact) mass is 217 g/mol. The van der Waals surface area contributed by atoms with Crippen LogP contribution in [0.2, 0.25) is 0 Å². The Labute approximate surface area is 97.7 Å².